The van der Waals surface area contributed by atoms with Crippen molar-refractivity contribution in [3.8, 4) is 11.1 Å². The molecule has 3 N–H and O–H groups in total. The molecule has 2 rings (SSSR count). The summed E-state index contributed by atoms with van der Waals surface area (Å²) < 4.78 is 1.78. The fourth-order valence-corrected chi connectivity index (χ4v) is 1.79. The molecule has 1 heterocycles. The zero-order chi connectivity index (χ0) is 12.3. The summed E-state index contributed by atoms with van der Waals surface area (Å²) in [6, 6.07) is 8.22. The highest BCUT2D eigenvalue weighted by Gasteiger charge is 2.03. The maximum Gasteiger partial charge on any atom is 0.102 e. The highest BCUT2D eigenvalue weighted by atomic mass is 16.3. The SMILES string of the molecule is Cn1cc(-c2cccc(CCC(N)O)c2)cn1. The van der Waals surface area contributed by atoms with Crippen LogP contribution in [-0.4, -0.2) is 21.1 Å². The van der Waals surface area contributed by atoms with Crippen LogP contribution in [0.5, 0.6) is 0 Å². The van der Waals surface area contributed by atoms with Crippen LogP contribution in [0.2, 0.25) is 0 Å². The summed E-state index contributed by atoms with van der Waals surface area (Å²) in [7, 11) is 1.90. The second kappa shape index (κ2) is 5.12. The van der Waals surface area contributed by atoms with Crippen molar-refractivity contribution >= 4 is 0 Å². The van der Waals surface area contributed by atoms with Gasteiger partial charge < -0.3 is 10.8 Å². The average molecular weight is 231 g/mol. The van der Waals surface area contributed by atoms with Crippen molar-refractivity contribution in [2.45, 2.75) is 19.1 Å². The van der Waals surface area contributed by atoms with E-state index in [4.69, 9.17) is 10.8 Å². The molecule has 0 aliphatic rings. The lowest BCUT2D eigenvalue weighted by atomic mass is 10.0. The minimum absolute atomic E-state index is 0.580. The second-order valence-electron chi connectivity index (χ2n) is 4.21. The van der Waals surface area contributed by atoms with Crippen LogP contribution in [0.25, 0.3) is 11.1 Å². The number of aliphatic hydroxyl groups is 1. The number of hydrogen-bond acceptors (Lipinski definition) is 3. The molecule has 0 fully saturated rings. The zero-order valence-electron chi connectivity index (χ0n) is 9.87. The van der Waals surface area contributed by atoms with E-state index in [0.29, 0.717) is 6.42 Å². The van der Waals surface area contributed by atoms with Gasteiger partial charge in [0.25, 0.3) is 0 Å². The summed E-state index contributed by atoms with van der Waals surface area (Å²) in [5.74, 6) is 0. The minimum atomic E-state index is -0.739. The van der Waals surface area contributed by atoms with Gasteiger partial charge >= 0.3 is 0 Å². The number of aliphatic hydroxyl groups excluding tert-OH is 1. The Kier molecular flexibility index (Phi) is 3.56. The Morgan fingerprint density at radius 1 is 1.41 bits per heavy atom. The fourth-order valence-electron chi connectivity index (χ4n) is 1.79. The van der Waals surface area contributed by atoms with Gasteiger partial charge in [0.1, 0.15) is 6.23 Å². The standard InChI is InChI=1S/C13H17N3O/c1-16-9-12(8-15-16)11-4-2-3-10(7-11)5-6-13(14)17/h2-4,7-9,13,17H,5-6,14H2,1H3. The molecule has 2 aromatic rings. The molecule has 1 aromatic carbocycles. The van der Waals surface area contributed by atoms with Crippen molar-refractivity contribution < 1.29 is 5.11 Å². The molecule has 1 aromatic heterocycles. The maximum atomic E-state index is 9.07. The van der Waals surface area contributed by atoms with Gasteiger partial charge in [-0.15, -0.1) is 0 Å². The van der Waals surface area contributed by atoms with Crippen molar-refractivity contribution in [2.24, 2.45) is 12.8 Å². The van der Waals surface area contributed by atoms with Gasteiger partial charge in [0.05, 0.1) is 6.20 Å². The summed E-state index contributed by atoms with van der Waals surface area (Å²) in [6.45, 7) is 0. The molecule has 4 nitrogen and oxygen atoms in total. The van der Waals surface area contributed by atoms with Crippen LogP contribution in [-0.2, 0) is 13.5 Å². The van der Waals surface area contributed by atoms with Gasteiger partial charge in [0, 0.05) is 18.8 Å². The van der Waals surface area contributed by atoms with Crippen molar-refractivity contribution in [3.05, 3.63) is 42.2 Å². The van der Waals surface area contributed by atoms with E-state index >= 15 is 0 Å². The molecule has 0 saturated carbocycles. The summed E-state index contributed by atoms with van der Waals surface area (Å²) in [5.41, 5.74) is 8.75. The van der Waals surface area contributed by atoms with Gasteiger partial charge in [-0.05, 0) is 24.0 Å². The molecular weight excluding hydrogens is 214 g/mol. The third-order valence-electron chi connectivity index (χ3n) is 2.69. The monoisotopic (exact) mass is 231 g/mol. The molecule has 90 valence electrons. The first kappa shape index (κ1) is 11.8. The number of nitrogens with two attached hydrogens (primary N) is 1. The third kappa shape index (κ3) is 3.15. The van der Waals surface area contributed by atoms with Gasteiger partial charge in [-0.25, -0.2) is 0 Å². The molecule has 0 spiro atoms. The van der Waals surface area contributed by atoms with E-state index in [1.165, 1.54) is 5.56 Å². The fraction of sp³-hybridized carbons (Fsp3) is 0.308. The molecule has 1 atom stereocenters. The van der Waals surface area contributed by atoms with Crippen molar-refractivity contribution in [1.82, 2.24) is 9.78 Å². The van der Waals surface area contributed by atoms with Gasteiger partial charge in [0.2, 0.25) is 0 Å². The van der Waals surface area contributed by atoms with Gasteiger partial charge in [0.15, 0.2) is 0 Å². The van der Waals surface area contributed by atoms with Gasteiger partial charge in [-0.2, -0.15) is 5.10 Å². The summed E-state index contributed by atoms with van der Waals surface area (Å²) >= 11 is 0. The number of aromatic nitrogens is 2. The number of aryl methyl sites for hydroxylation is 2. The van der Waals surface area contributed by atoms with E-state index < -0.39 is 6.23 Å². The Morgan fingerprint density at radius 2 is 2.24 bits per heavy atom. The van der Waals surface area contributed by atoms with Crippen LogP contribution in [0, 0.1) is 0 Å². The number of benzene rings is 1. The van der Waals surface area contributed by atoms with Crippen LogP contribution in [0.15, 0.2) is 36.7 Å². The average Bonchev–Trinajstić information content (AvgIpc) is 2.74. The Bertz CT molecular complexity index is 491. The molecule has 0 aliphatic heterocycles. The molecule has 0 amide bonds. The Labute approximate surface area is 101 Å². The van der Waals surface area contributed by atoms with E-state index in [1.54, 1.807) is 4.68 Å². The third-order valence-corrected chi connectivity index (χ3v) is 2.69. The summed E-state index contributed by atoms with van der Waals surface area (Å²) in [6.07, 6.45) is 4.45. The van der Waals surface area contributed by atoms with Gasteiger partial charge in [-0.3, -0.25) is 4.68 Å². The first-order valence-corrected chi connectivity index (χ1v) is 5.67. The topological polar surface area (TPSA) is 64.1 Å². The molecule has 1 unspecified atom stereocenters. The number of nitrogens with zero attached hydrogens (tertiary/aromatic N) is 2. The Morgan fingerprint density at radius 3 is 2.88 bits per heavy atom. The van der Waals surface area contributed by atoms with Crippen LogP contribution in [0.4, 0.5) is 0 Å². The molecule has 0 aliphatic carbocycles. The lowest BCUT2D eigenvalue weighted by molar-refractivity contribution is 0.172. The lowest BCUT2D eigenvalue weighted by Crippen LogP contribution is -2.19. The van der Waals surface area contributed by atoms with Crippen LogP contribution in [0.1, 0.15) is 12.0 Å². The summed E-state index contributed by atoms with van der Waals surface area (Å²) in [5, 5.41) is 13.2. The smallest absolute Gasteiger partial charge is 0.102 e. The quantitative estimate of drug-likeness (QED) is 0.779. The number of rotatable bonds is 4. The van der Waals surface area contributed by atoms with E-state index in [0.717, 1.165) is 17.5 Å². The van der Waals surface area contributed by atoms with E-state index in [2.05, 4.69) is 17.2 Å². The highest BCUT2D eigenvalue weighted by molar-refractivity contribution is 5.62. The van der Waals surface area contributed by atoms with Crippen LogP contribution < -0.4 is 5.73 Å². The normalized spacial score (nSPS) is 12.6. The predicted molar refractivity (Wildman–Crippen MR) is 67.2 cm³/mol. The van der Waals surface area contributed by atoms with E-state index in [1.807, 2.05) is 31.6 Å². The Hall–Kier alpha value is -1.65. The lowest BCUT2D eigenvalue weighted by Gasteiger charge is -2.05. The first-order chi connectivity index (χ1) is 8.15. The largest absolute Gasteiger partial charge is 0.379 e. The zero-order valence-corrected chi connectivity index (χ0v) is 9.87. The molecule has 0 saturated heterocycles. The number of hydrogen-bond donors (Lipinski definition) is 2. The predicted octanol–water partition coefficient (Wildman–Crippen LogP) is 1.30. The van der Waals surface area contributed by atoms with E-state index in [9.17, 15) is 0 Å². The molecule has 0 bridgehead atoms. The Balaban J connectivity index is 2.16. The summed E-state index contributed by atoms with van der Waals surface area (Å²) in [4.78, 5) is 0. The van der Waals surface area contributed by atoms with Crippen LogP contribution >= 0.6 is 0 Å². The highest BCUT2D eigenvalue weighted by Crippen LogP contribution is 2.20. The molecule has 17 heavy (non-hydrogen) atoms. The van der Waals surface area contributed by atoms with Crippen LogP contribution in [0.3, 0.4) is 0 Å². The maximum absolute atomic E-state index is 9.07. The molecule has 0 radical (unpaired) electrons. The minimum Gasteiger partial charge on any atom is -0.379 e. The first-order valence-electron chi connectivity index (χ1n) is 5.67. The second-order valence-corrected chi connectivity index (χ2v) is 4.21. The van der Waals surface area contributed by atoms with Gasteiger partial charge in [-0.1, -0.05) is 24.3 Å². The molecule has 4 heteroatoms. The molecular formula is C13H17N3O. The van der Waals surface area contributed by atoms with Crippen molar-refractivity contribution in [1.29, 1.82) is 0 Å². The van der Waals surface area contributed by atoms with E-state index in [-0.39, 0.29) is 0 Å². The van der Waals surface area contributed by atoms with Crippen molar-refractivity contribution in [3.63, 3.8) is 0 Å². The van der Waals surface area contributed by atoms with Crippen molar-refractivity contribution in [2.75, 3.05) is 0 Å².